The number of sulfonamides is 1. The molecule has 1 amide bonds. The van der Waals surface area contributed by atoms with Gasteiger partial charge in [-0.25, -0.2) is 8.42 Å². The predicted octanol–water partition coefficient (Wildman–Crippen LogP) is 3.53. The summed E-state index contributed by atoms with van der Waals surface area (Å²) in [5, 5.41) is 2.78. The molecule has 0 saturated carbocycles. The number of benzene rings is 2. The van der Waals surface area contributed by atoms with E-state index in [-0.39, 0.29) is 11.4 Å². The number of hydrogen-bond donors (Lipinski definition) is 1. The third kappa shape index (κ3) is 3.49. The van der Waals surface area contributed by atoms with Crippen LogP contribution in [0.1, 0.15) is 37.8 Å². The van der Waals surface area contributed by atoms with Crippen LogP contribution in [0.2, 0.25) is 0 Å². The highest BCUT2D eigenvalue weighted by Crippen LogP contribution is 2.42. The first-order valence-electron chi connectivity index (χ1n) is 9.22. The number of anilines is 1. The largest absolute Gasteiger partial charge is 0.351 e. The Morgan fingerprint density at radius 1 is 1.00 bits per heavy atom. The molecule has 5 nitrogen and oxygen atoms in total. The minimum Gasteiger partial charge on any atom is -0.351 e. The lowest BCUT2D eigenvalue weighted by molar-refractivity contribution is -0.116. The van der Waals surface area contributed by atoms with Crippen LogP contribution in [0.25, 0.3) is 5.57 Å². The van der Waals surface area contributed by atoms with Crippen molar-refractivity contribution in [2.45, 2.75) is 26.7 Å². The second kappa shape index (κ2) is 7.96. The van der Waals surface area contributed by atoms with Crippen LogP contribution in [0, 0.1) is 0 Å². The van der Waals surface area contributed by atoms with Gasteiger partial charge in [0.1, 0.15) is 0 Å². The van der Waals surface area contributed by atoms with Gasteiger partial charge in [0.15, 0.2) is 4.91 Å². The van der Waals surface area contributed by atoms with Crippen molar-refractivity contribution in [1.29, 1.82) is 0 Å². The summed E-state index contributed by atoms with van der Waals surface area (Å²) >= 11 is 0. The molecule has 2 aromatic rings. The first kappa shape index (κ1) is 19.2. The van der Waals surface area contributed by atoms with Gasteiger partial charge in [-0.15, -0.1) is 0 Å². The number of nitrogens with zero attached hydrogens (tertiary/aromatic N) is 1. The van der Waals surface area contributed by atoms with Gasteiger partial charge in [0.2, 0.25) is 0 Å². The number of fused-ring (bicyclic) bond motifs is 1. The van der Waals surface area contributed by atoms with Crippen LogP contribution in [-0.4, -0.2) is 27.4 Å². The highest BCUT2D eigenvalue weighted by Gasteiger charge is 2.40. The summed E-state index contributed by atoms with van der Waals surface area (Å²) in [5.41, 5.74) is 2.53. The molecule has 0 radical (unpaired) electrons. The molecule has 27 heavy (non-hydrogen) atoms. The monoisotopic (exact) mass is 384 g/mol. The van der Waals surface area contributed by atoms with E-state index in [2.05, 4.69) is 5.32 Å². The average molecular weight is 385 g/mol. The lowest BCUT2D eigenvalue weighted by atomic mass is 9.95. The zero-order chi connectivity index (χ0) is 19.4. The van der Waals surface area contributed by atoms with Crippen LogP contribution in [0.15, 0.2) is 59.5 Å². The fourth-order valence-electron chi connectivity index (χ4n) is 3.31. The van der Waals surface area contributed by atoms with Crippen LogP contribution < -0.4 is 9.62 Å². The van der Waals surface area contributed by atoms with Gasteiger partial charge in [0.05, 0.1) is 5.69 Å². The maximum Gasteiger partial charge on any atom is 0.270 e. The number of hydrogen-bond acceptors (Lipinski definition) is 3. The van der Waals surface area contributed by atoms with E-state index < -0.39 is 15.9 Å². The second-order valence-corrected chi connectivity index (χ2v) is 8.17. The summed E-state index contributed by atoms with van der Waals surface area (Å²) in [4.78, 5) is 12.8. The third-order valence-electron chi connectivity index (χ3n) is 4.59. The van der Waals surface area contributed by atoms with E-state index in [1.54, 1.807) is 13.0 Å². The highest BCUT2D eigenvalue weighted by molar-refractivity contribution is 7.97. The van der Waals surface area contributed by atoms with Crippen molar-refractivity contribution in [2.75, 3.05) is 17.4 Å². The van der Waals surface area contributed by atoms with Gasteiger partial charge in [-0.1, -0.05) is 61.9 Å². The minimum atomic E-state index is -3.96. The van der Waals surface area contributed by atoms with Gasteiger partial charge in [0, 0.05) is 24.2 Å². The Bertz CT molecular complexity index is 966. The summed E-state index contributed by atoms with van der Waals surface area (Å²) < 4.78 is 28.1. The van der Waals surface area contributed by atoms with Gasteiger partial charge >= 0.3 is 0 Å². The van der Waals surface area contributed by atoms with Crippen LogP contribution in [-0.2, 0) is 14.8 Å². The summed E-state index contributed by atoms with van der Waals surface area (Å²) in [6, 6.07) is 16.6. The van der Waals surface area contributed by atoms with Gasteiger partial charge in [-0.05, 0) is 25.0 Å². The van der Waals surface area contributed by atoms with Crippen molar-refractivity contribution >= 4 is 27.2 Å². The molecule has 2 aromatic carbocycles. The predicted molar refractivity (Wildman–Crippen MR) is 109 cm³/mol. The number of carbonyl (C=O) groups is 1. The highest BCUT2D eigenvalue weighted by atomic mass is 32.2. The molecule has 3 rings (SSSR count). The van der Waals surface area contributed by atoms with Crippen molar-refractivity contribution in [3.8, 4) is 0 Å². The van der Waals surface area contributed by atoms with Gasteiger partial charge < -0.3 is 5.32 Å². The number of carbonyl (C=O) groups excluding carboxylic acids is 1. The number of amides is 1. The van der Waals surface area contributed by atoms with Gasteiger partial charge in [-0.3, -0.25) is 9.10 Å². The van der Waals surface area contributed by atoms with Gasteiger partial charge in [0.25, 0.3) is 15.9 Å². The van der Waals surface area contributed by atoms with E-state index in [1.807, 2.05) is 55.5 Å². The average Bonchev–Trinajstić information content (AvgIpc) is 2.67. The quantitative estimate of drug-likeness (QED) is 0.775. The Labute approximate surface area is 160 Å². The minimum absolute atomic E-state index is 0.176. The first-order chi connectivity index (χ1) is 13.0. The summed E-state index contributed by atoms with van der Waals surface area (Å²) in [6.07, 6.45) is 1.72. The van der Waals surface area contributed by atoms with Crippen LogP contribution >= 0.6 is 0 Å². The molecule has 6 heteroatoms. The van der Waals surface area contributed by atoms with Crippen molar-refractivity contribution in [3.05, 3.63) is 70.6 Å². The maximum atomic E-state index is 13.4. The van der Waals surface area contributed by atoms with E-state index in [9.17, 15) is 13.2 Å². The summed E-state index contributed by atoms with van der Waals surface area (Å²) in [6.45, 7) is 4.50. The van der Waals surface area contributed by atoms with Crippen molar-refractivity contribution in [3.63, 3.8) is 0 Å². The molecule has 0 aliphatic carbocycles. The summed E-state index contributed by atoms with van der Waals surface area (Å²) in [5.74, 6) is -0.546. The van der Waals surface area contributed by atoms with Crippen LogP contribution in [0.3, 0.4) is 0 Å². The fourth-order valence-corrected chi connectivity index (χ4v) is 5.09. The Morgan fingerprint density at radius 3 is 2.33 bits per heavy atom. The number of nitrogens with one attached hydrogen (secondary N) is 1. The Morgan fingerprint density at radius 2 is 1.67 bits per heavy atom. The third-order valence-corrected chi connectivity index (χ3v) is 6.53. The molecule has 0 fully saturated rings. The topological polar surface area (TPSA) is 66.5 Å². The standard InChI is InChI=1S/C21H24N2O3S/c1-3-5-15-22-21(24)20-19(16-11-7-6-8-12-16)17-13-9-10-14-18(17)23(4-2)27(20,25)26/h6-14H,3-5,15H2,1-2H3,(H,22,24). The van der Waals surface area contributed by atoms with E-state index in [1.165, 1.54) is 4.31 Å². The molecule has 1 aliphatic heterocycles. The van der Waals surface area contributed by atoms with Crippen molar-refractivity contribution in [2.24, 2.45) is 0 Å². The molecule has 1 N–H and O–H groups in total. The van der Waals surface area contributed by atoms with E-state index >= 15 is 0 Å². The van der Waals surface area contributed by atoms with E-state index in [4.69, 9.17) is 0 Å². The smallest absolute Gasteiger partial charge is 0.270 e. The van der Waals surface area contributed by atoms with E-state index in [0.717, 1.165) is 18.4 Å². The lowest BCUT2D eigenvalue weighted by Gasteiger charge is -2.32. The molecule has 0 spiro atoms. The molecule has 0 saturated heterocycles. The van der Waals surface area contributed by atoms with Crippen molar-refractivity contribution in [1.82, 2.24) is 5.32 Å². The SMILES string of the molecule is CCCCNC(=O)C1=C(c2ccccc2)c2ccccc2N(CC)S1(=O)=O. The normalized spacial score (nSPS) is 15.4. The number of unbranched alkanes of at least 4 members (excludes halogenated alkanes) is 1. The van der Waals surface area contributed by atoms with Crippen molar-refractivity contribution < 1.29 is 13.2 Å². The van der Waals surface area contributed by atoms with E-state index in [0.29, 0.717) is 23.4 Å². The lowest BCUT2D eigenvalue weighted by Crippen LogP contribution is -2.41. The van der Waals surface area contributed by atoms with Gasteiger partial charge in [-0.2, -0.15) is 0 Å². The van der Waals surface area contributed by atoms with Crippen LogP contribution in [0.4, 0.5) is 5.69 Å². The second-order valence-electron chi connectivity index (χ2n) is 6.37. The molecule has 0 unspecified atom stereocenters. The molecule has 1 heterocycles. The molecule has 0 atom stereocenters. The first-order valence-corrected chi connectivity index (χ1v) is 10.7. The number of rotatable bonds is 6. The molecule has 1 aliphatic rings. The molecule has 0 bridgehead atoms. The summed E-state index contributed by atoms with van der Waals surface area (Å²) in [7, 11) is -3.96. The Hall–Kier alpha value is -2.60. The number of para-hydroxylation sites is 1. The Kier molecular flexibility index (Phi) is 5.65. The van der Waals surface area contributed by atoms with Crippen LogP contribution in [0.5, 0.6) is 0 Å². The zero-order valence-electron chi connectivity index (χ0n) is 15.6. The maximum absolute atomic E-state index is 13.4. The molecular formula is C21H24N2O3S. The fraction of sp³-hybridized carbons (Fsp3) is 0.286. The zero-order valence-corrected chi connectivity index (χ0v) is 16.4. The molecular weight excluding hydrogens is 360 g/mol. The molecule has 142 valence electrons. The Balaban J connectivity index is 2.28. The molecule has 0 aromatic heterocycles.